The molecule has 0 radical (unpaired) electrons. The van der Waals surface area contributed by atoms with Crippen molar-refractivity contribution in [3.8, 4) is 0 Å². The van der Waals surface area contributed by atoms with E-state index in [-0.39, 0.29) is 11.7 Å². The van der Waals surface area contributed by atoms with Crippen LogP contribution in [0.4, 0.5) is 15.8 Å². The molecule has 0 bridgehead atoms. The van der Waals surface area contributed by atoms with Crippen molar-refractivity contribution in [2.45, 2.75) is 32.6 Å². The van der Waals surface area contributed by atoms with Crippen molar-refractivity contribution < 1.29 is 18.8 Å². The first-order chi connectivity index (χ1) is 15.0. The van der Waals surface area contributed by atoms with E-state index in [4.69, 9.17) is 4.74 Å². The molecule has 0 atom stereocenters. The molecule has 2 aliphatic rings. The predicted molar refractivity (Wildman–Crippen MR) is 117 cm³/mol. The number of nitro benzene ring substituents is 1. The van der Waals surface area contributed by atoms with Crippen molar-refractivity contribution in [1.82, 2.24) is 9.80 Å². The average Bonchev–Trinajstić information content (AvgIpc) is 2.75. The van der Waals surface area contributed by atoms with Gasteiger partial charge in [0.05, 0.1) is 29.8 Å². The van der Waals surface area contributed by atoms with Crippen LogP contribution in [-0.4, -0.2) is 79.7 Å². The maximum Gasteiger partial charge on any atom is 0.320 e. The number of ether oxygens (including phenoxy) is 1. The van der Waals surface area contributed by atoms with E-state index in [0.29, 0.717) is 24.8 Å². The zero-order chi connectivity index (χ0) is 22.2. The highest BCUT2D eigenvalue weighted by atomic mass is 19.1. The topological polar surface area (TPSA) is 79.2 Å². The van der Waals surface area contributed by atoms with Gasteiger partial charge in [-0.15, -0.1) is 0 Å². The van der Waals surface area contributed by atoms with Crippen LogP contribution in [0.5, 0.6) is 0 Å². The molecule has 9 heteroatoms. The summed E-state index contributed by atoms with van der Waals surface area (Å²) in [6.45, 7) is 9.05. The molecular weight excluding hydrogens is 403 g/mol. The Balaban J connectivity index is 1.32. The fraction of sp³-hybridized carbons (Fsp3) is 0.682. The lowest BCUT2D eigenvalue weighted by molar-refractivity contribution is -0.385. The Morgan fingerprint density at radius 2 is 1.84 bits per heavy atom. The first-order valence-electron chi connectivity index (χ1n) is 11.3. The average molecular weight is 437 g/mol. The first-order valence-corrected chi connectivity index (χ1v) is 11.3. The van der Waals surface area contributed by atoms with Crippen LogP contribution in [0.1, 0.15) is 32.6 Å². The fourth-order valence-electron chi connectivity index (χ4n) is 4.49. The Morgan fingerprint density at radius 1 is 1.16 bits per heavy atom. The second kappa shape index (κ2) is 11.4. The van der Waals surface area contributed by atoms with Gasteiger partial charge in [-0.3, -0.25) is 19.8 Å². The number of hydrogen-bond donors (Lipinski definition) is 0. The molecule has 172 valence electrons. The SMILES string of the molecule is CCOC(=O)CN1CCN(CCCC2CCN(c3ccc([N+](=O)[O-])cc3F)CC2)CC1. The number of rotatable bonds is 9. The van der Waals surface area contributed by atoms with Gasteiger partial charge in [-0.1, -0.05) is 0 Å². The van der Waals surface area contributed by atoms with Crippen LogP contribution in [0, 0.1) is 21.8 Å². The zero-order valence-corrected chi connectivity index (χ0v) is 18.3. The highest BCUT2D eigenvalue weighted by molar-refractivity contribution is 5.71. The summed E-state index contributed by atoms with van der Waals surface area (Å²) in [7, 11) is 0. The number of non-ortho nitro benzene ring substituents is 1. The second-order valence-electron chi connectivity index (χ2n) is 8.39. The van der Waals surface area contributed by atoms with Crippen LogP contribution in [0.3, 0.4) is 0 Å². The summed E-state index contributed by atoms with van der Waals surface area (Å²) in [4.78, 5) is 28.4. The summed E-state index contributed by atoms with van der Waals surface area (Å²) < 4.78 is 19.3. The Kier molecular flexibility index (Phi) is 8.60. The Bertz CT molecular complexity index is 747. The van der Waals surface area contributed by atoms with Crippen molar-refractivity contribution in [3.05, 3.63) is 34.1 Å². The molecule has 0 amide bonds. The molecule has 0 aliphatic carbocycles. The third-order valence-corrected chi connectivity index (χ3v) is 6.31. The highest BCUT2D eigenvalue weighted by Gasteiger charge is 2.23. The van der Waals surface area contributed by atoms with E-state index in [1.54, 1.807) is 0 Å². The number of esters is 1. The van der Waals surface area contributed by atoms with Gasteiger partial charge < -0.3 is 14.5 Å². The predicted octanol–water partition coefficient (Wildman–Crippen LogP) is 2.91. The maximum atomic E-state index is 14.3. The normalized spacial score (nSPS) is 18.8. The van der Waals surface area contributed by atoms with E-state index in [9.17, 15) is 19.3 Å². The molecule has 2 aliphatic heterocycles. The summed E-state index contributed by atoms with van der Waals surface area (Å²) in [5.74, 6) is -0.0203. The van der Waals surface area contributed by atoms with E-state index in [2.05, 4.69) is 9.80 Å². The number of benzene rings is 1. The van der Waals surface area contributed by atoms with Gasteiger partial charge in [0.1, 0.15) is 0 Å². The van der Waals surface area contributed by atoms with Crippen LogP contribution >= 0.6 is 0 Å². The third-order valence-electron chi connectivity index (χ3n) is 6.31. The van der Waals surface area contributed by atoms with Crippen molar-refractivity contribution in [3.63, 3.8) is 0 Å². The van der Waals surface area contributed by atoms with E-state index < -0.39 is 10.7 Å². The lowest BCUT2D eigenvalue weighted by Crippen LogP contribution is -2.48. The number of piperazine rings is 1. The minimum Gasteiger partial charge on any atom is -0.465 e. The molecule has 2 heterocycles. The number of piperidine rings is 1. The Labute approximate surface area is 183 Å². The Morgan fingerprint density at radius 3 is 2.45 bits per heavy atom. The van der Waals surface area contributed by atoms with E-state index >= 15 is 0 Å². The van der Waals surface area contributed by atoms with Gasteiger partial charge in [-0.2, -0.15) is 0 Å². The lowest BCUT2D eigenvalue weighted by atomic mass is 9.91. The van der Waals surface area contributed by atoms with Gasteiger partial charge in [0.25, 0.3) is 5.69 Å². The van der Waals surface area contributed by atoms with Crippen molar-refractivity contribution in [2.75, 3.05) is 63.9 Å². The number of carbonyl (C=O) groups excluding carboxylic acids is 1. The summed E-state index contributed by atoms with van der Waals surface area (Å²) in [5.41, 5.74) is 0.252. The smallest absolute Gasteiger partial charge is 0.320 e. The molecule has 2 fully saturated rings. The van der Waals surface area contributed by atoms with Crippen LogP contribution in [0.25, 0.3) is 0 Å². The van der Waals surface area contributed by atoms with Gasteiger partial charge >= 0.3 is 5.97 Å². The molecule has 1 aromatic carbocycles. The van der Waals surface area contributed by atoms with Crippen molar-refractivity contribution >= 4 is 17.3 Å². The number of anilines is 1. The lowest BCUT2D eigenvalue weighted by Gasteiger charge is -2.35. The largest absolute Gasteiger partial charge is 0.465 e. The van der Waals surface area contributed by atoms with Gasteiger partial charge in [0.2, 0.25) is 0 Å². The van der Waals surface area contributed by atoms with Crippen LogP contribution in [0.15, 0.2) is 18.2 Å². The van der Waals surface area contributed by atoms with E-state index in [0.717, 1.165) is 71.1 Å². The molecule has 0 unspecified atom stereocenters. The standard InChI is InChI=1S/C22H33FN4O4/c1-2-31-22(28)17-25-14-12-24(13-15-25)9-3-4-18-7-10-26(11-8-18)21-6-5-19(27(29)30)16-20(21)23/h5-6,16,18H,2-4,7-15,17H2,1H3. The van der Waals surface area contributed by atoms with Crippen molar-refractivity contribution in [2.24, 2.45) is 5.92 Å². The number of nitro groups is 1. The minimum atomic E-state index is -0.570. The summed E-state index contributed by atoms with van der Waals surface area (Å²) in [5, 5.41) is 10.8. The number of carbonyl (C=O) groups is 1. The minimum absolute atomic E-state index is 0.143. The molecule has 8 nitrogen and oxygen atoms in total. The summed E-state index contributed by atoms with van der Waals surface area (Å²) in [6.07, 6.45) is 4.35. The molecule has 0 saturated carbocycles. The number of halogens is 1. The molecule has 31 heavy (non-hydrogen) atoms. The molecular formula is C22H33FN4O4. The maximum absolute atomic E-state index is 14.3. The molecule has 2 saturated heterocycles. The van der Waals surface area contributed by atoms with Gasteiger partial charge in [0, 0.05) is 45.3 Å². The molecule has 0 aromatic heterocycles. The molecule has 0 N–H and O–H groups in total. The van der Waals surface area contributed by atoms with Crippen LogP contribution < -0.4 is 4.90 Å². The number of hydrogen-bond acceptors (Lipinski definition) is 7. The van der Waals surface area contributed by atoms with Crippen molar-refractivity contribution in [1.29, 1.82) is 0 Å². The molecule has 1 aromatic rings. The molecule has 3 rings (SSSR count). The van der Waals surface area contributed by atoms with E-state index in [1.165, 1.54) is 18.6 Å². The van der Waals surface area contributed by atoms with Crippen LogP contribution in [0.2, 0.25) is 0 Å². The third kappa shape index (κ3) is 6.87. The van der Waals surface area contributed by atoms with Gasteiger partial charge in [-0.25, -0.2) is 4.39 Å². The quantitative estimate of drug-likeness (QED) is 0.335. The first kappa shape index (κ1) is 23.4. The van der Waals surface area contributed by atoms with Crippen LogP contribution in [-0.2, 0) is 9.53 Å². The zero-order valence-electron chi connectivity index (χ0n) is 18.3. The Hall–Kier alpha value is -2.26. The highest BCUT2D eigenvalue weighted by Crippen LogP contribution is 2.29. The van der Waals surface area contributed by atoms with Gasteiger partial charge in [-0.05, 0) is 51.1 Å². The summed E-state index contributed by atoms with van der Waals surface area (Å²) in [6, 6.07) is 3.90. The number of nitrogens with zero attached hydrogens (tertiary/aromatic N) is 4. The monoisotopic (exact) mass is 436 g/mol. The summed E-state index contributed by atoms with van der Waals surface area (Å²) >= 11 is 0. The second-order valence-corrected chi connectivity index (χ2v) is 8.39. The molecule has 0 spiro atoms. The fourth-order valence-corrected chi connectivity index (χ4v) is 4.49. The van der Waals surface area contributed by atoms with Gasteiger partial charge in [0.15, 0.2) is 5.82 Å². The van der Waals surface area contributed by atoms with E-state index in [1.807, 2.05) is 11.8 Å².